The molecule has 6 nitrogen and oxygen atoms in total. The van der Waals surface area contributed by atoms with Crippen LogP contribution in [0.1, 0.15) is 12.0 Å². The maximum absolute atomic E-state index is 12.1. The molecule has 2 atom stereocenters. The van der Waals surface area contributed by atoms with Gasteiger partial charge in [-0.15, -0.1) is 0 Å². The predicted octanol–water partition coefficient (Wildman–Crippen LogP) is 0.604. The number of benzene rings is 1. The second-order valence-electron chi connectivity index (χ2n) is 4.71. The lowest BCUT2D eigenvalue weighted by Crippen LogP contribution is -2.31. The van der Waals surface area contributed by atoms with E-state index in [0.717, 1.165) is 5.56 Å². The number of aryl methyl sites for hydroxylation is 1. The van der Waals surface area contributed by atoms with Crippen molar-refractivity contribution in [3.05, 3.63) is 29.8 Å². The third-order valence-corrected chi connectivity index (χ3v) is 4.52. The molecule has 2 rings (SSSR count). The lowest BCUT2D eigenvalue weighted by Gasteiger charge is -2.11. The largest absolute Gasteiger partial charge is 0.468 e. The van der Waals surface area contributed by atoms with Gasteiger partial charge in [-0.05, 0) is 19.1 Å². The number of hydrogen-bond donors (Lipinski definition) is 1. The van der Waals surface area contributed by atoms with Crippen LogP contribution in [0, 0.1) is 6.92 Å². The molecule has 0 aliphatic carbocycles. The summed E-state index contributed by atoms with van der Waals surface area (Å²) >= 11 is 0. The van der Waals surface area contributed by atoms with Gasteiger partial charge in [-0.1, -0.05) is 17.7 Å². The number of hydrogen-bond acceptors (Lipinski definition) is 6. The average Bonchev–Trinajstić information content (AvgIpc) is 2.86. The van der Waals surface area contributed by atoms with Gasteiger partial charge < -0.3 is 10.1 Å². The van der Waals surface area contributed by atoms with Crippen LogP contribution in [0.15, 0.2) is 29.2 Å². The van der Waals surface area contributed by atoms with Gasteiger partial charge in [0, 0.05) is 13.0 Å². The minimum atomic E-state index is -3.81. The Balaban J connectivity index is 2.03. The monoisotopic (exact) mass is 299 g/mol. The Hall–Kier alpha value is -1.44. The first-order valence-corrected chi connectivity index (χ1v) is 7.64. The molecule has 0 spiro atoms. The fraction of sp³-hybridized carbons (Fsp3) is 0.462. The number of carbonyl (C=O) groups excluding carboxylic acids is 1. The Kier molecular flexibility index (Phi) is 4.42. The molecule has 1 saturated heterocycles. The lowest BCUT2D eigenvalue weighted by atomic mass is 10.2. The Bertz CT molecular complexity index is 581. The molecule has 1 aromatic rings. The van der Waals surface area contributed by atoms with E-state index in [9.17, 15) is 13.2 Å². The SMILES string of the molecule is COC(=O)C1C[C@@H](OS(=O)(=O)c2ccc(C)cc2)CN1. The van der Waals surface area contributed by atoms with Crippen molar-refractivity contribution in [3.8, 4) is 0 Å². The highest BCUT2D eigenvalue weighted by Crippen LogP contribution is 2.19. The van der Waals surface area contributed by atoms with Gasteiger partial charge in [0.05, 0.1) is 18.1 Å². The summed E-state index contributed by atoms with van der Waals surface area (Å²) in [5, 5.41) is 2.88. The molecule has 110 valence electrons. The molecule has 0 amide bonds. The number of ether oxygens (including phenoxy) is 1. The van der Waals surface area contributed by atoms with E-state index < -0.39 is 28.2 Å². The predicted molar refractivity (Wildman–Crippen MR) is 71.7 cm³/mol. The molecule has 0 bridgehead atoms. The van der Waals surface area contributed by atoms with E-state index in [1.54, 1.807) is 12.1 Å². The second kappa shape index (κ2) is 5.90. The van der Waals surface area contributed by atoms with Crippen molar-refractivity contribution >= 4 is 16.1 Å². The van der Waals surface area contributed by atoms with Crippen LogP contribution in [-0.4, -0.2) is 40.2 Å². The van der Waals surface area contributed by atoms with Crippen LogP contribution < -0.4 is 5.32 Å². The first-order chi connectivity index (χ1) is 9.42. The molecule has 0 saturated carbocycles. The van der Waals surface area contributed by atoms with Crippen molar-refractivity contribution < 1.29 is 22.1 Å². The van der Waals surface area contributed by atoms with E-state index in [2.05, 4.69) is 10.1 Å². The molecular formula is C13H17NO5S. The smallest absolute Gasteiger partial charge is 0.322 e. The number of carbonyl (C=O) groups is 1. The highest BCUT2D eigenvalue weighted by Gasteiger charge is 2.34. The Morgan fingerprint density at radius 3 is 2.55 bits per heavy atom. The third-order valence-electron chi connectivity index (χ3n) is 3.15. The summed E-state index contributed by atoms with van der Waals surface area (Å²) in [6, 6.07) is 5.91. The molecule has 1 aromatic carbocycles. The Labute approximate surface area is 118 Å². The van der Waals surface area contributed by atoms with Gasteiger partial charge in [-0.25, -0.2) is 0 Å². The van der Waals surface area contributed by atoms with Crippen LogP contribution in [-0.2, 0) is 23.8 Å². The van der Waals surface area contributed by atoms with Gasteiger partial charge in [0.1, 0.15) is 6.04 Å². The van der Waals surface area contributed by atoms with Crippen LogP contribution in [0.4, 0.5) is 0 Å². The highest BCUT2D eigenvalue weighted by atomic mass is 32.2. The number of nitrogens with one attached hydrogen (secondary N) is 1. The van der Waals surface area contributed by atoms with Gasteiger partial charge in [-0.3, -0.25) is 8.98 Å². The first kappa shape index (κ1) is 15.0. The molecule has 1 N–H and O–H groups in total. The maximum atomic E-state index is 12.1. The summed E-state index contributed by atoms with van der Waals surface area (Å²) in [6.45, 7) is 2.17. The molecule has 0 aromatic heterocycles. The van der Waals surface area contributed by atoms with Crippen LogP contribution >= 0.6 is 0 Å². The fourth-order valence-electron chi connectivity index (χ4n) is 2.04. The molecule has 7 heteroatoms. The molecule has 1 fully saturated rings. The molecule has 1 aliphatic rings. The molecular weight excluding hydrogens is 282 g/mol. The van der Waals surface area contributed by atoms with Gasteiger partial charge in [-0.2, -0.15) is 8.42 Å². The van der Waals surface area contributed by atoms with Crippen LogP contribution in [0.3, 0.4) is 0 Å². The zero-order valence-electron chi connectivity index (χ0n) is 11.3. The first-order valence-electron chi connectivity index (χ1n) is 6.23. The minimum Gasteiger partial charge on any atom is -0.468 e. The van der Waals surface area contributed by atoms with Crippen molar-refractivity contribution in [2.75, 3.05) is 13.7 Å². The Morgan fingerprint density at radius 2 is 1.95 bits per heavy atom. The van der Waals surface area contributed by atoms with Gasteiger partial charge in [0.2, 0.25) is 0 Å². The summed E-state index contributed by atoms with van der Waals surface area (Å²) in [5.74, 6) is -0.413. The van der Waals surface area contributed by atoms with Gasteiger partial charge in [0.15, 0.2) is 0 Å². The van der Waals surface area contributed by atoms with Crippen LogP contribution in [0.5, 0.6) is 0 Å². The molecule has 0 radical (unpaired) electrons. The van der Waals surface area contributed by atoms with Crippen molar-refractivity contribution in [1.82, 2.24) is 5.32 Å². The van der Waals surface area contributed by atoms with E-state index in [-0.39, 0.29) is 11.3 Å². The van der Waals surface area contributed by atoms with Crippen molar-refractivity contribution in [1.29, 1.82) is 0 Å². The summed E-state index contributed by atoms with van der Waals surface area (Å²) in [4.78, 5) is 11.5. The quantitative estimate of drug-likeness (QED) is 0.648. The summed E-state index contributed by atoms with van der Waals surface area (Å²) < 4.78 is 33.9. The highest BCUT2D eigenvalue weighted by molar-refractivity contribution is 7.86. The van der Waals surface area contributed by atoms with Gasteiger partial charge in [0.25, 0.3) is 10.1 Å². The zero-order chi connectivity index (χ0) is 14.8. The number of methoxy groups -OCH3 is 1. The molecule has 1 unspecified atom stereocenters. The summed E-state index contributed by atoms with van der Waals surface area (Å²) in [6.07, 6.45) is -0.289. The van der Waals surface area contributed by atoms with E-state index in [0.29, 0.717) is 6.54 Å². The molecule has 20 heavy (non-hydrogen) atoms. The Morgan fingerprint density at radius 1 is 1.30 bits per heavy atom. The normalized spacial score (nSPS) is 22.7. The van der Waals surface area contributed by atoms with E-state index >= 15 is 0 Å². The third kappa shape index (κ3) is 3.36. The number of esters is 1. The average molecular weight is 299 g/mol. The molecule has 1 aliphatic heterocycles. The maximum Gasteiger partial charge on any atom is 0.322 e. The van der Waals surface area contributed by atoms with Crippen LogP contribution in [0.25, 0.3) is 0 Å². The van der Waals surface area contributed by atoms with Gasteiger partial charge >= 0.3 is 5.97 Å². The standard InChI is InChI=1S/C13H17NO5S/c1-9-3-5-11(6-4-9)20(16,17)19-10-7-12(14-8-10)13(15)18-2/h3-6,10,12,14H,7-8H2,1-2H3/t10-,12?/m1/s1. The van der Waals surface area contributed by atoms with Crippen molar-refractivity contribution in [2.24, 2.45) is 0 Å². The van der Waals surface area contributed by atoms with Crippen LogP contribution in [0.2, 0.25) is 0 Å². The van der Waals surface area contributed by atoms with E-state index in [1.165, 1.54) is 19.2 Å². The minimum absolute atomic E-state index is 0.115. The summed E-state index contributed by atoms with van der Waals surface area (Å²) in [7, 11) is -2.52. The van der Waals surface area contributed by atoms with E-state index in [1.807, 2.05) is 6.92 Å². The zero-order valence-corrected chi connectivity index (χ0v) is 12.1. The lowest BCUT2D eigenvalue weighted by molar-refractivity contribution is -0.142. The molecule has 1 heterocycles. The van der Waals surface area contributed by atoms with Crippen molar-refractivity contribution in [3.63, 3.8) is 0 Å². The summed E-state index contributed by atoms with van der Waals surface area (Å²) in [5.41, 5.74) is 0.970. The fourth-order valence-corrected chi connectivity index (χ4v) is 3.12. The second-order valence-corrected chi connectivity index (χ2v) is 6.28. The van der Waals surface area contributed by atoms with Crippen molar-refractivity contribution in [2.45, 2.75) is 30.4 Å². The number of rotatable bonds is 4. The van der Waals surface area contributed by atoms with E-state index in [4.69, 9.17) is 4.18 Å². The topological polar surface area (TPSA) is 81.7 Å².